The molecule has 0 bridgehead atoms. The molecule has 44 heavy (non-hydrogen) atoms. The lowest BCUT2D eigenvalue weighted by atomic mass is 9.87. The standard InChI is InChI=1S/C36H46N2O4S2/c1-35(2,3)27-11-19-34(20-12-27)44(39,40)42-43(31-21-13-28(14-22-31)37(7)8,32-23-15-29(16-24-32)38(9)10)33-25-17-30(18-26-33)41-36(4,5)6/h11-26H,1-10H3/p+1. The highest BCUT2D eigenvalue weighted by atomic mass is 32.3. The van der Waals surface area contributed by atoms with E-state index in [1.54, 1.807) is 12.1 Å². The predicted octanol–water partition coefficient (Wildman–Crippen LogP) is 8.97. The molecule has 6 nitrogen and oxygen atoms in total. The van der Waals surface area contributed by atoms with Crippen LogP contribution in [0.1, 0.15) is 47.1 Å². The number of rotatable bonds is 9. The highest BCUT2D eigenvalue weighted by Gasteiger charge is 2.44. The largest absolute Gasteiger partial charge is 0.488 e. The van der Waals surface area contributed by atoms with E-state index >= 15 is 0 Å². The van der Waals surface area contributed by atoms with Gasteiger partial charge in [-0.25, -0.2) is 0 Å². The molecule has 4 rings (SSSR count). The lowest BCUT2D eigenvalue weighted by molar-refractivity contribution is 0.131. The van der Waals surface area contributed by atoms with Crippen LogP contribution < -0.4 is 14.5 Å². The third-order valence-electron chi connectivity index (χ3n) is 7.21. The van der Waals surface area contributed by atoms with Crippen LogP contribution in [0.4, 0.5) is 11.4 Å². The maximum atomic E-state index is 14.3. The van der Waals surface area contributed by atoms with Gasteiger partial charge in [0.2, 0.25) is 0 Å². The molecule has 0 aromatic heterocycles. The molecular weight excluding hydrogens is 589 g/mol. The number of nitrogens with zero attached hydrogens (tertiary/aromatic N) is 2. The van der Waals surface area contributed by atoms with Crippen LogP contribution in [0.3, 0.4) is 0 Å². The van der Waals surface area contributed by atoms with E-state index < -0.39 is 20.4 Å². The summed E-state index contributed by atoms with van der Waals surface area (Å²) in [5.74, 6) is 0.709. The summed E-state index contributed by atoms with van der Waals surface area (Å²) < 4.78 is 39.8. The molecule has 0 fully saturated rings. The molecule has 1 N–H and O–H groups in total. The molecule has 0 radical (unpaired) electrons. The average Bonchev–Trinajstić information content (AvgIpc) is 2.95. The summed E-state index contributed by atoms with van der Waals surface area (Å²) in [6.45, 7) is 12.3. The SMILES string of the molecule is CN(C)c1ccc(S([OH+]S(=O)(=O)c2ccc(C(C)(C)C)cc2)(c2ccc(OC(C)(C)C)cc2)c2ccc(N(C)C)cc2)cc1. The van der Waals surface area contributed by atoms with Crippen molar-refractivity contribution in [2.45, 2.75) is 72.1 Å². The van der Waals surface area contributed by atoms with Crippen LogP contribution in [0.5, 0.6) is 5.75 Å². The summed E-state index contributed by atoms with van der Waals surface area (Å²) >= 11 is 0. The first-order valence-electron chi connectivity index (χ1n) is 14.7. The molecule has 0 spiro atoms. The smallest absolute Gasteiger partial charge is 0.422 e. The molecule has 4 aromatic rings. The Labute approximate surface area is 266 Å². The quantitative estimate of drug-likeness (QED) is 0.136. The fraction of sp³-hybridized carbons (Fsp3) is 0.333. The van der Waals surface area contributed by atoms with Crippen molar-refractivity contribution in [1.29, 1.82) is 0 Å². The highest BCUT2D eigenvalue weighted by molar-refractivity contribution is 8.32. The van der Waals surface area contributed by atoms with Crippen molar-refractivity contribution in [2.75, 3.05) is 38.0 Å². The molecule has 0 aliphatic rings. The van der Waals surface area contributed by atoms with Crippen molar-refractivity contribution < 1.29 is 16.8 Å². The second-order valence-electron chi connectivity index (χ2n) is 13.4. The summed E-state index contributed by atoms with van der Waals surface area (Å²) in [6.07, 6.45) is 0. The van der Waals surface area contributed by atoms with Crippen LogP contribution in [0.15, 0.2) is 117 Å². The molecule has 0 atom stereocenters. The van der Waals surface area contributed by atoms with Gasteiger partial charge in [0.05, 0.1) is 25.0 Å². The van der Waals surface area contributed by atoms with Crippen molar-refractivity contribution in [3.8, 4) is 5.75 Å². The van der Waals surface area contributed by atoms with Crippen molar-refractivity contribution >= 4 is 31.8 Å². The van der Waals surface area contributed by atoms with Crippen molar-refractivity contribution in [1.82, 2.24) is 0 Å². The third kappa shape index (κ3) is 7.42. The topological polar surface area (TPSA) is 62.6 Å². The first-order chi connectivity index (χ1) is 20.4. The van der Waals surface area contributed by atoms with Gasteiger partial charge in [-0.2, -0.15) is 0 Å². The number of hydrogen-bond donors (Lipinski definition) is 0. The monoisotopic (exact) mass is 635 g/mol. The zero-order valence-corrected chi connectivity index (χ0v) is 29.3. The van der Waals surface area contributed by atoms with E-state index in [-0.39, 0.29) is 15.9 Å². The zero-order chi connectivity index (χ0) is 32.5. The van der Waals surface area contributed by atoms with Crippen molar-refractivity contribution in [3.63, 3.8) is 0 Å². The molecule has 0 aliphatic heterocycles. The summed E-state index contributed by atoms with van der Waals surface area (Å²) in [5.41, 5.74) is 2.61. The van der Waals surface area contributed by atoms with Gasteiger partial charge >= 0.3 is 10.1 Å². The normalized spacial score (nSPS) is 13.0. The molecular formula is C36H47N2O4S2+. The van der Waals surface area contributed by atoms with Gasteiger partial charge in [0.25, 0.3) is 0 Å². The van der Waals surface area contributed by atoms with E-state index in [0.717, 1.165) is 31.6 Å². The number of anilines is 2. The van der Waals surface area contributed by atoms with Gasteiger partial charge in [-0.15, -0.1) is 8.42 Å². The van der Waals surface area contributed by atoms with Crippen LogP contribution in [0.25, 0.3) is 0 Å². The van der Waals surface area contributed by atoms with Gasteiger partial charge in [0.15, 0.2) is 0 Å². The number of benzene rings is 4. The van der Waals surface area contributed by atoms with Crippen LogP contribution in [-0.4, -0.2) is 45.8 Å². The molecule has 0 saturated heterocycles. The Morgan fingerprint density at radius 1 is 0.545 bits per heavy atom. The van der Waals surface area contributed by atoms with E-state index in [0.29, 0.717) is 5.75 Å². The second-order valence-corrected chi connectivity index (χ2v) is 18.0. The first-order valence-corrected chi connectivity index (χ1v) is 17.7. The van der Waals surface area contributed by atoms with Crippen LogP contribution >= 0.6 is 10.3 Å². The molecule has 4 aromatic carbocycles. The number of hydrogen-bond acceptors (Lipinski definition) is 5. The lowest BCUT2D eigenvalue weighted by Crippen LogP contribution is -2.23. The summed E-state index contributed by atoms with van der Waals surface area (Å²) in [6, 6.07) is 30.9. The minimum atomic E-state index is -4.11. The van der Waals surface area contributed by atoms with Crippen molar-refractivity contribution in [2.24, 2.45) is 0 Å². The van der Waals surface area contributed by atoms with Crippen molar-refractivity contribution in [3.05, 3.63) is 103 Å². The van der Waals surface area contributed by atoms with Crippen LogP contribution in [0.2, 0.25) is 0 Å². The maximum Gasteiger partial charge on any atom is 0.422 e. The van der Waals surface area contributed by atoms with Gasteiger partial charge in [0, 0.05) is 39.6 Å². The molecule has 0 unspecified atom stereocenters. The first kappa shape index (κ1) is 33.4. The lowest BCUT2D eigenvalue weighted by Gasteiger charge is -2.35. The van der Waals surface area contributed by atoms with Gasteiger partial charge < -0.3 is 14.5 Å². The Bertz CT molecular complexity index is 1600. The molecule has 8 heteroatoms. The van der Waals surface area contributed by atoms with E-state index in [2.05, 4.69) is 20.8 Å². The zero-order valence-electron chi connectivity index (χ0n) is 27.6. The molecule has 0 aliphatic carbocycles. The fourth-order valence-corrected chi connectivity index (χ4v) is 10.2. The third-order valence-corrected chi connectivity index (χ3v) is 12.6. The van der Waals surface area contributed by atoms with Gasteiger partial charge in [0.1, 0.15) is 16.2 Å². The Kier molecular flexibility index (Phi) is 9.50. The second kappa shape index (κ2) is 12.5. The molecule has 236 valence electrons. The Balaban J connectivity index is 1.98. The van der Waals surface area contributed by atoms with E-state index in [1.807, 2.05) is 144 Å². The minimum Gasteiger partial charge on any atom is -0.488 e. The Morgan fingerprint density at radius 2 is 0.909 bits per heavy atom. The molecule has 0 amide bonds. The fourth-order valence-electron chi connectivity index (χ4n) is 4.80. The van der Waals surface area contributed by atoms with Gasteiger partial charge in [-0.3, -0.25) is 3.63 Å². The highest BCUT2D eigenvalue weighted by Crippen LogP contribution is 2.69. The Hall–Kier alpha value is -3.46. The minimum absolute atomic E-state index is 0.103. The maximum absolute atomic E-state index is 14.3. The van der Waals surface area contributed by atoms with Crippen LogP contribution in [-0.2, 0) is 15.5 Å². The summed E-state index contributed by atoms with van der Waals surface area (Å²) in [5, 5.41) is 0. The van der Waals surface area contributed by atoms with Gasteiger partial charge in [-0.05, 0) is 117 Å². The summed E-state index contributed by atoms with van der Waals surface area (Å²) in [7, 11) is 1.16. The Morgan fingerprint density at radius 3 is 1.25 bits per heavy atom. The van der Waals surface area contributed by atoms with E-state index in [1.165, 1.54) is 0 Å². The van der Waals surface area contributed by atoms with Gasteiger partial charge in [-0.1, -0.05) is 32.9 Å². The summed E-state index contributed by atoms with van der Waals surface area (Å²) in [4.78, 5) is 6.65. The van der Waals surface area contributed by atoms with E-state index in [9.17, 15) is 8.42 Å². The van der Waals surface area contributed by atoms with Crippen LogP contribution in [0, 0.1) is 0 Å². The van der Waals surface area contributed by atoms with E-state index in [4.69, 9.17) is 8.37 Å². The molecule has 0 heterocycles. The average molecular weight is 636 g/mol. The number of ether oxygens (including phenoxy) is 1. The predicted molar refractivity (Wildman–Crippen MR) is 186 cm³/mol. The molecule has 0 saturated carbocycles.